The number of carbonyl (C=O) groups excluding carboxylic acids is 1. The van der Waals surface area contributed by atoms with Gasteiger partial charge in [0, 0.05) is 7.05 Å². The minimum atomic E-state index is -0.352. The summed E-state index contributed by atoms with van der Waals surface area (Å²) in [7, 11) is 1.62. The van der Waals surface area contributed by atoms with E-state index in [-0.39, 0.29) is 17.7 Å². The second-order valence-electron chi connectivity index (χ2n) is 6.33. The van der Waals surface area contributed by atoms with Crippen molar-refractivity contribution in [2.24, 2.45) is 0 Å². The first kappa shape index (κ1) is 19.4. The van der Waals surface area contributed by atoms with Crippen LogP contribution in [0.5, 0.6) is 5.75 Å². The molecule has 1 amide bonds. The summed E-state index contributed by atoms with van der Waals surface area (Å²) in [4.78, 5) is 14.1. The van der Waals surface area contributed by atoms with Crippen molar-refractivity contribution in [2.75, 3.05) is 13.7 Å². The van der Waals surface area contributed by atoms with Gasteiger partial charge in [-0.2, -0.15) is 0 Å². The lowest BCUT2D eigenvalue weighted by molar-refractivity contribution is -0.127. The second kappa shape index (κ2) is 8.48. The topological polar surface area (TPSA) is 53.4 Å². The Morgan fingerprint density at radius 3 is 2.42 bits per heavy atom. The van der Waals surface area contributed by atoms with E-state index in [9.17, 15) is 4.79 Å². The Morgan fingerprint density at radius 1 is 1.19 bits per heavy atom. The summed E-state index contributed by atoms with van der Waals surface area (Å²) in [5.74, 6) is 0.490. The minimum absolute atomic E-state index is 0.127. The number of amides is 1. The van der Waals surface area contributed by atoms with Crippen LogP contribution < -0.4 is 4.74 Å². The maximum atomic E-state index is 12.7. The molecule has 1 atom stereocenters. The van der Waals surface area contributed by atoms with Gasteiger partial charge >= 0.3 is 0 Å². The van der Waals surface area contributed by atoms with Gasteiger partial charge < -0.3 is 4.74 Å². The number of carbonyl (C=O) groups is 1. The number of amidine groups is 1. The van der Waals surface area contributed by atoms with E-state index >= 15 is 0 Å². The van der Waals surface area contributed by atoms with Gasteiger partial charge in [0.05, 0.1) is 12.5 Å². The van der Waals surface area contributed by atoms with E-state index in [1.807, 2.05) is 62.4 Å². The number of rotatable bonds is 6. The van der Waals surface area contributed by atoms with Gasteiger partial charge in [0.15, 0.2) is 0 Å². The Labute approximate surface area is 155 Å². The van der Waals surface area contributed by atoms with E-state index < -0.39 is 0 Å². The molecular weight excluding hydrogens is 324 g/mol. The van der Waals surface area contributed by atoms with Gasteiger partial charge in [-0.3, -0.25) is 15.1 Å². The molecule has 0 saturated heterocycles. The number of hydrogen-bond donors (Lipinski definition) is 1. The van der Waals surface area contributed by atoms with Crippen LogP contribution in [0.4, 0.5) is 0 Å². The summed E-state index contributed by atoms with van der Waals surface area (Å²) in [6.07, 6.45) is 0. The van der Waals surface area contributed by atoms with Gasteiger partial charge in [0.2, 0.25) is 5.91 Å². The molecule has 2 aromatic carbocycles. The zero-order valence-electron chi connectivity index (χ0n) is 15.9. The molecule has 0 fully saturated rings. The fourth-order valence-electron chi connectivity index (χ4n) is 2.75. The van der Waals surface area contributed by atoms with Gasteiger partial charge in [0.1, 0.15) is 11.6 Å². The van der Waals surface area contributed by atoms with Crippen LogP contribution >= 0.6 is 0 Å². The molecule has 4 nitrogen and oxygen atoms in total. The first-order valence-electron chi connectivity index (χ1n) is 8.70. The molecule has 0 spiro atoms. The lowest BCUT2D eigenvalue weighted by Crippen LogP contribution is -2.35. The lowest BCUT2D eigenvalue weighted by Gasteiger charge is -2.22. The summed E-state index contributed by atoms with van der Waals surface area (Å²) in [6, 6.07) is 15.8. The van der Waals surface area contributed by atoms with Crippen molar-refractivity contribution in [3.05, 3.63) is 66.2 Å². The highest BCUT2D eigenvalue weighted by Gasteiger charge is 2.22. The molecule has 2 rings (SSSR count). The molecule has 4 heteroatoms. The third-order valence-corrected chi connectivity index (χ3v) is 4.31. The lowest BCUT2D eigenvalue weighted by atomic mass is 9.95. The van der Waals surface area contributed by atoms with E-state index in [1.54, 1.807) is 14.0 Å². The fraction of sp³-hybridized carbons (Fsp3) is 0.273. The first-order chi connectivity index (χ1) is 12.3. The molecule has 136 valence electrons. The van der Waals surface area contributed by atoms with Crippen LogP contribution in [0, 0.1) is 5.41 Å². The van der Waals surface area contributed by atoms with E-state index in [2.05, 4.69) is 6.58 Å². The third kappa shape index (κ3) is 4.39. The Kier molecular flexibility index (Phi) is 6.34. The highest BCUT2D eigenvalue weighted by Crippen LogP contribution is 2.27. The summed E-state index contributed by atoms with van der Waals surface area (Å²) in [5.41, 5.74) is 3.55. The van der Waals surface area contributed by atoms with Gasteiger partial charge in [-0.05, 0) is 55.2 Å². The Balaban J connectivity index is 2.28. The van der Waals surface area contributed by atoms with Crippen molar-refractivity contribution in [1.82, 2.24) is 4.90 Å². The molecule has 0 heterocycles. The predicted molar refractivity (Wildman–Crippen MR) is 107 cm³/mol. The molecule has 0 radical (unpaired) electrons. The van der Waals surface area contributed by atoms with Crippen molar-refractivity contribution in [2.45, 2.75) is 26.7 Å². The van der Waals surface area contributed by atoms with Crippen molar-refractivity contribution in [1.29, 1.82) is 5.41 Å². The number of benzene rings is 2. The molecule has 0 aliphatic rings. The maximum Gasteiger partial charge on any atom is 0.235 e. The SMILES string of the molecule is C=C(C)C(=N)N(C)C(=O)C(C)c1cccc(-c2cccc(OCC)c2)c1. The van der Waals surface area contributed by atoms with Crippen LogP contribution in [0.2, 0.25) is 0 Å². The molecular formula is C22H26N2O2. The number of ether oxygens (including phenoxy) is 1. The standard InChI is InChI=1S/C22H26N2O2/c1-6-26-20-12-8-11-19(14-20)18-10-7-9-17(13-18)16(4)22(25)24(5)21(23)15(2)3/h7-14,16,23H,2,6H2,1,3-5H3. The van der Waals surface area contributed by atoms with E-state index in [4.69, 9.17) is 10.1 Å². The smallest absolute Gasteiger partial charge is 0.235 e. The monoisotopic (exact) mass is 350 g/mol. The quantitative estimate of drug-likeness (QED) is 0.597. The number of nitrogens with one attached hydrogen (secondary N) is 1. The van der Waals surface area contributed by atoms with Crippen LogP contribution in [-0.4, -0.2) is 30.3 Å². The summed E-state index contributed by atoms with van der Waals surface area (Å²) in [6.45, 7) is 9.90. The second-order valence-corrected chi connectivity index (χ2v) is 6.33. The molecule has 1 unspecified atom stereocenters. The predicted octanol–water partition coefficient (Wildman–Crippen LogP) is 4.87. The fourth-order valence-corrected chi connectivity index (χ4v) is 2.75. The van der Waals surface area contributed by atoms with Crippen molar-refractivity contribution in [3.8, 4) is 16.9 Å². The third-order valence-electron chi connectivity index (χ3n) is 4.31. The average Bonchev–Trinajstić information content (AvgIpc) is 2.66. The van der Waals surface area contributed by atoms with Gasteiger partial charge in [0.25, 0.3) is 0 Å². The zero-order chi connectivity index (χ0) is 19.3. The average molecular weight is 350 g/mol. The van der Waals surface area contributed by atoms with Gasteiger partial charge in [-0.15, -0.1) is 0 Å². The van der Waals surface area contributed by atoms with E-state index in [1.165, 1.54) is 4.90 Å². The van der Waals surface area contributed by atoms with Crippen molar-refractivity contribution < 1.29 is 9.53 Å². The van der Waals surface area contributed by atoms with Gasteiger partial charge in [-0.25, -0.2) is 0 Å². The van der Waals surface area contributed by atoms with Crippen LogP contribution in [-0.2, 0) is 4.79 Å². The highest BCUT2D eigenvalue weighted by molar-refractivity contribution is 6.06. The molecule has 1 N–H and O–H groups in total. The number of hydrogen-bond acceptors (Lipinski definition) is 3. The summed E-state index contributed by atoms with van der Waals surface area (Å²) < 4.78 is 5.57. The van der Waals surface area contributed by atoms with Crippen molar-refractivity contribution in [3.63, 3.8) is 0 Å². The molecule has 0 aliphatic heterocycles. The molecule has 0 aromatic heterocycles. The highest BCUT2D eigenvalue weighted by atomic mass is 16.5. The normalized spacial score (nSPS) is 11.5. The van der Waals surface area contributed by atoms with Crippen molar-refractivity contribution >= 4 is 11.7 Å². The zero-order valence-corrected chi connectivity index (χ0v) is 15.9. The summed E-state index contributed by atoms with van der Waals surface area (Å²) in [5, 5.41) is 7.97. The van der Waals surface area contributed by atoms with Crippen LogP contribution in [0.3, 0.4) is 0 Å². The molecule has 0 bridgehead atoms. The molecule has 0 aliphatic carbocycles. The molecule has 0 saturated carbocycles. The summed E-state index contributed by atoms with van der Waals surface area (Å²) >= 11 is 0. The van der Waals surface area contributed by atoms with E-state index in [0.29, 0.717) is 12.2 Å². The number of likely N-dealkylation sites (N-methyl/N-ethyl adjacent to an activating group) is 1. The van der Waals surface area contributed by atoms with Gasteiger partial charge in [-0.1, -0.05) is 43.0 Å². The minimum Gasteiger partial charge on any atom is -0.494 e. The van der Waals surface area contributed by atoms with E-state index in [0.717, 1.165) is 22.4 Å². The van der Waals surface area contributed by atoms with Crippen LogP contribution in [0.15, 0.2) is 60.7 Å². The largest absolute Gasteiger partial charge is 0.494 e. The first-order valence-corrected chi connectivity index (χ1v) is 8.70. The molecule has 26 heavy (non-hydrogen) atoms. The Hall–Kier alpha value is -2.88. The van der Waals surface area contributed by atoms with Crippen LogP contribution in [0.25, 0.3) is 11.1 Å². The number of nitrogens with zero attached hydrogens (tertiary/aromatic N) is 1. The molecule has 2 aromatic rings. The maximum absolute atomic E-state index is 12.7. The Morgan fingerprint density at radius 2 is 1.81 bits per heavy atom. The van der Waals surface area contributed by atoms with Crippen LogP contribution in [0.1, 0.15) is 32.3 Å². The Bertz CT molecular complexity index is 826.